The fourth-order valence-corrected chi connectivity index (χ4v) is 2.54. The van der Waals surface area contributed by atoms with Crippen molar-refractivity contribution in [1.29, 1.82) is 0 Å². The van der Waals surface area contributed by atoms with Gasteiger partial charge < -0.3 is 15.5 Å². The predicted octanol–water partition coefficient (Wildman–Crippen LogP) is 1.45. The molecule has 3 rings (SSSR count). The standard InChI is InChI=1S/C16H19FN6O/c17-13-11-21-16(22-14(13)23-8-1-2-9-23)20-7-6-19-15(24)12-4-3-5-18-10-12/h3-5,10-11H,1-2,6-9H2,(H,19,24)(H,20,21,22). The second kappa shape index (κ2) is 7.67. The Kier molecular flexibility index (Phi) is 5.15. The summed E-state index contributed by atoms with van der Waals surface area (Å²) in [7, 11) is 0. The highest BCUT2D eigenvalue weighted by atomic mass is 19.1. The van der Waals surface area contributed by atoms with Gasteiger partial charge in [-0.3, -0.25) is 9.78 Å². The second-order valence-corrected chi connectivity index (χ2v) is 5.48. The average Bonchev–Trinajstić information content (AvgIpc) is 3.15. The summed E-state index contributed by atoms with van der Waals surface area (Å²) in [4.78, 5) is 25.9. The third-order valence-electron chi connectivity index (χ3n) is 3.75. The Morgan fingerprint density at radius 2 is 2.08 bits per heavy atom. The Labute approximate surface area is 139 Å². The van der Waals surface area contributed by atoms with E-state index in [0.29, 0.717) is 30.4 Å². The molecule has 1 saturated heterocycles. The minimum Gasteiger partial charge on any atom is -0.354 e. The van der Waals surface area contributed by atoms with Gasteiger partial charge in [-0.15, -0.1) is 0 Å². The molecule has 0 atom stereocenters. The first kappa shape index (κ1) is 16.1. The minimum atomic E-state index is -0.410. The number of pyridine rings is 1. The Morgan fingerprint density at radius 1 is 1.25 bits per heavy atom. The molecule has 1 aliphatic heterocycles. The van der Waals surface area contributed by atoms with Gasteiger partial charge in [0.15, 0.2) is 11.6 Å². The van der Waals surface area contributed by atoms with Crippen LogP contribution in [0.4, 0.5) is 16.2 Å². The number of aromatic nitrogens is 3. The zero-order valence-corrected chi connectivity index (χ0v) is 13.2. The van der Waals surface area contributed by atoms with E-state index in [4.69, 9.17) is 0 Å². The summed E-state index contributed by atoms with van der Waals surface area (Å²) in [6.45, 7) is 2.47. The number of carbonyl (C=O) groups is 1. The van der Waals surface area contributed by atoms with E-state index in [1.54, 1.807) is 18.3 Å². The van der Waals surface area contributed by atoms with Crippen molar-refractivity contribution in [1.82, 2.24) is 20.3 Å². The van der Waals surface area contributed by atoms with Crippen molar-refractivity contribution in [3.63, 3.8) is 0 Å². The number of nitrogens with zero attached hydrogens (tertiary/aromatic N) is 4. The number of amides is 1. The van der Waals surface area contributed by atoms with Crippen LogP contribution in [-0.2, 0) is 0 Å². The molecule has 0 spiro atoms. The Balaban J connectivity index is 1.50. The maximum absolute atomic E-state index is 13.8. The second-order valence-electron chi connectivity index (χ2n) is 5.48. The summed E-state index contributed by atoms with van der Waals surface area (Å²) in [5.41, 5.74) is 0.506. The smallest absolute Gasteiger partial charge is 0.252 e. The molecule has 0 aliphatic carbocycles. The van der Waals surface area contributed by atoms with Gasteiger partial charge in [0, 0.05) is 38.6 Å². The maximum atomic E-state index is 13.8. The van der Waals surface area contributed by atoms with Crippen LogP contribution in [-0.4, -0.2) is 47.0 Å². The summed E-state index contributed by atoms with van der Waals surface area (Å²) in [6, 6.07) is 3.40. The molecule has 2 aromatic heterocycles. The molecule has 1 fully saturated rings. The zero-order chi connectivity index (χ0) is 16.8. The lowest BCUT2D eigenvalue weighted by molar-refractivity contribution is 0.0955. The first-order chi connectivity index (χ1) is 11.7. The molecular weight excluding hydrogens is 311 g/mol. The lowest BCUT2D eigenvalue weighted by Gasteiger charge is -2.17. The first-order valence-corrected chi connectivity index (χ1v) is 7.93. The number of hydrogen-bond acceptors (Lipinski definition) is 6. The molecule has 0 saturated carbocycles. The fourth-order valence-electron chi connectivity index (χ4n) is 2.54. The van der Waals surface area contributed by atoms with Gasteiger partial charge in [0.1, 0.15) is 0 Å². The highest BCUT2D eigenvalue weighted by molar-refractivity contribution is 5.93. The van der Waals surface area contributed by atoms with Crippen LogP contribution >= 0.6 is 0 Å². The third-order valence-corrected chi connectivity index (χ3v) is 3.75. The topological polar surface area (TPSA) is 83.0 Å². The quantitative estimate of drug-likeness (QED) is 0.780. The Bertz CT molecular complexity index is 690. The molecule has 3 heterocycles. The number of carbonyl (C=O) groups excluding carboxylic acids is 1. The predicted molar refractivity (Wildman–Crippen MR) is 88.5 cm³/mol. The van der Waals surface area contributed by atoms with Crippen molar-refractivity contribution < 1.29 is 9.18 Å². The van der Waals surface area contributed by atoms with Gasteiger partial charge in [-0.05, 0) is 25.0 Å². The molecule has 2 N–H and O–H groups in total. The molecule has 0 radical (unpaired) electrons. The highest BCUT2D eigenvalue weighted by Gasteiger charge is 2.18. The zero-order valence-electron chi connectivity index (χ0n) is 13.2. The summed E-state index contributed by atoms with van der Waals surface area (Å²) >= 11 is 0. The average molecular weight is 330 g/mol. The fraction of sp³-hybridized carbons (Fsp3) is 0.375. The highest BCUT2D eigenvalue weighted by Crippen LogP contribution is 2.21. The van der Waals surface area contributed by atoms with E-state index < -0.39 is 5.82 Å². The number of hydrogen-bond donors (Lipinski definition) is 2. The summed E-state index contributed by atoms with van der Waals surface area (Å²) in [5.74, 6) is 0.0910. The van der Waals surface area contributed by atoms with Crippen LogP contribution in [0, 0.1) is 5.82 Å². The molecule has 0 bridgehead atoms. The van der Waals surface area contributed by atoms with Crippen LogP contribution in [0.3, 0.4) is 0 Å². The maximum Gasteiger partial charge on any atom is 0.252 e. The molecule has 8 heteroatoms. The first-order valence-electron chi connectivity index (χ1n) is 7.93. The number of anilines is 2. The molecule has 0 unspecified atom stereocenters. The van der Waals surface area contributed by atoms with Crippen molar-refractivity contribution >= 4 is 17.7 Å². The van der Waals surface area contributed by atoms with Gasteiger partial charge in [0.05, 0.1) is 11.8 Å². The van der Waals surface area contributed by atoms with Crippen molar-refractivity contribution in [3.05, 3.63) is 42.1 Å². The molecule has 1 amide bonds. The van der Waals surface area contributed by atoms with Gasteiger partial charge in [-0.25, -0.2) is 9.37 Å². The van der Waals surface area contributed by atoms with Crippen molar-refractivity contribution in [2.75, 3.05) is 36.4 Å². The summed E-state index contributed by atoms with van der Waals surface area (Å²) in [5, 5.41) is 5.77. The molecule has 126 valence electrons. The molecule has 7 nitrogen and oxygen atoms in total. The molecule has 1 aliphatic rings. The molecule has 24 heavy (non-hydrogen) atoms. The van der Waals surface area contributed by atoms with Gasteiger partial charge in [0.25, 0.3) is 5.91 Å². The molecular formula is C16H19FN6O. The van der Waals surface area contributed by atoms with Crippen molar-refractivity contribution in [2.24, 2.45) is 0 Å². The van der Waals surface area contributed by atoms with Crippen molar-refractivity contribution in [3.8, 4) is 0 Å². The third kappa shape index (κ3) is 3.95. The number of nitrogens with one attached hydrogen (secondary N) is 2. The van der Waals surface area contributed by atoms with Crippen LogP contribution < -0.4 is 15.5 Å². The van der Waals surface area contributed by atoms with Crippen LogP contribution in [0.5, 0.6) is 0 Å². The Morgan fingerprint density at radius 3 is 2.83 bits per heavy atom. The monoisotopic (exact) mass is 330 g/mol. The van der Waals surface area contributed by atoms with Crippen LogP contribution in [0.25, 0.3) is 0 Å². The van der Waals surface area contributed by atoms with Gasteiger partial charge in [-0.2, -0.15) is 4.98 Å². The Hall–Kier alpha value is -2.77. The normalized spacial score (nSPS) is 13.8. The van der Waals surface area contributed by atoms with Crippen LogP contribution in [0.1, 0.15) is 23.2 Å². The van der Waals surface area contributed by atoms with Crippen LogP contribution in [0.2, 0.25) is 0 Å². The lowest BCUT2D eigenvalue weighted by Crippen LogP contribution is -2.29. The lowest BCUT2D eigenvalue weighted by atomic mass is 10.3. The van der Waals surface area contributed by atoms with E-state index in [-0.39, 0.29) is 5.91 Å². The van der Waals surface area contributed by atoms with E-state index in [1.807, 2.05) is 4.90 Å². The van der Waals surface area contributed by atoms with Crippen molar-refractivity contribution in [2.45, 2.75) is 12.8 Å². The summed E-state index contributed by atoms with van der Waals surface area (Å²) in [6.07, 6.45) is 6.40. The number of halogens is 1. The molecule has 2 aromatic rings. The largest absolute Gasteiger partial charge is 0.354 e. The van der Waals surface area contributed by atoms with E-state index >= 15 is 0 Å². The van der Waals surface area contributed by atoms with E-state index in [9.17, 15) is 9.18 Å². The van der Waals surface area contributed by atoms with E-state index in [1.165, 1.54) is 12.4 Å². The van der Waals surface area contributed by atoms with E-state index in [0.717, 1.165) is 25.9 Å². The van der Waals surface area contributed by atoms with E-state index in [2.05, 4.69) is 25.6 Å². The van der Waals surface area contributed by atoms with Gasteiger partial charge in [-0.1, -0.05) is 0 Å². The summed E-state index contributed by atoms with van der Waals surface area (Å²) < 4.78 is 13.8. The van der Waals surface area contributed by atoms with Gasteiger partial charge in [0.2, 0.25) is 5.95 Å². The SMILES string of the molecule is O=C(NCCNc1ncc(F)c(N2CCCC2)n1)c1cccnc1. The minimum absolute atomic E-state index is 0.192. The molecule has 0 aromatic carbocycles. The van der Waals surface area contributed by atoms with Crippen LogP contribution in [0.15, 0.2) is 30.7 Å². The van der Waals surface area contributed by atoms with Gasteiger partial charge >= 0.3 is 0 Å². The number of rotatable bonds is 6.